The summed E-state index contributed by atoms with van der Waals surface area (Å²) in [7, 11) is 1.76. The van der Waals surface area contributed by atoms with Gasteiger partial charge in [-0.15, -0.1) is 0 Å². The minimum Gasteiger partial charge on any atom is -0.352 e. The van der Waals surface area contributed by atoms with Crippen molar-refractivity contribution in [3.05, 3.63) is 93.4 Å². The fraction of sp³-hybridized carbons (Fsp3) is 0.292. The summed E-state index contributed by atoms with van der Waals surface area (Å²) < 4.78 is 1.62. The standard InChI is InChI=1S/C24H27N3O2S/c1-18-21(16-19-10-5-3-6-11-19)23(29)27(2)24(26-18)30-15-9-14-22(28)25-17-20-12-7-4-8-13-20/h3-8,10-13H,9,14-17H2,1-2H3,(H,25,28). The highest BCUT2D eigenvalue weighted by Crippen LogP contribution is 2.18. The third-order valence-electron chi connectivity index (χ3n) is 4.89. The van der Waals surface area contributed by atoms with Crippen LogP contribution in [0.15, 0.2) is 70.6 Å². The Morgan fingerprint density at radius 1 is 1.03 bits per heavy atom. The molecule has 0 aliphatic carbocycles. The number of carbonyl (C=O) groups is 1. The Labute approximate surface area is 181 Å². The van der Waals surface area contributed by atoms with E-state index in [1.807, 2.05) is 67.6 Å². The minimum atomic E-state index is -0.00513. The zero-order chi connectivity index (χ0) is 21.3. The molecule has 0 saturated heterocycles. The number of nitrogens with zero attached hydrogens (tertiary/aromatic N) is 2. The Morgan fingerprint density at radius 2 is 1.67 bits per heavy atom. The van der Waals surface area contributed by atoms with Crippen molar-refractivity contribution in [2.45, 2.75) is 37.9 Å². The van der Waals surface area contributed by atoms with Crippen LogP contribution in [0, 0.1) is 6.92 Å². The molecule has 0 fully saturated rings. The van der Waals surface area contributed by atoms with Crippen molar-refractivity contribution in [2.75, 3.05) is 5.75 Å². The minimum absolute atomic E-state index is 0.00513. The van der Waals surface area contributed by atoms with Gasteiger partial charge in [0.2, 0.25) is 5.91 Å². The van der Waals surface area contributed by atoms with Gasteiger partial charge in [-0.1, -0.05) is 72.4 Å². The van der Waals surface area contributed by atoms with Crippen molar-refractivity contribution < 1.29 is 4.79 Å². The van der Waals surface area contributed by atoms with Gasteiger partial charge >= 0.3 is 0 Å². The fourth-order valence-corrected chi connectivity index (χ4v) is 4.09. The first-order valence-electron chi connectivity index (χ1n) is 10.1. The summed E-state index contributed by atoms with van der Waals surface area (Å²) in [6, 6.07) is 19.8. The zero-order valence-electron chi connectivity index (χ0n) is 17.4. The highest BCUT2D eigenvalue weighted by atomic mass is 32.2. The smallest absolute Gasteiger partial charge is 0.257 e. The van der Waals surface area contributed by atoms with Crippen LogP contribution in [0.4, 0.5) is 0 Å². The van der Waals surface area contributed by atoms with Crippen LogP contribution in [0.5, 0.6) is 0 Å². The first-order valence-corrected chi connectivity index (χ1v) is 11.1. The Morgan fingerprint density at radius 3 is 2.33 bits per heavy atom. The predicted octanol–water partition coefficient (Wildman–Crippen LogP) is 3.87. The van der Waals surface area contributed by atoms with E-state index in [9.17, 15) is 9.59 Å². The molecule has 0 atom stereocenters. The SMILES string of the molecule is Cc1nc(SCCCC(=O)NCc2ccccc2)n(C)c(=O)c1Cc1ccccc1. The second-order valence-electron chi connectivity index (χ2n) is 7.20. The molecule has 0 saturated carbocycles. The van der Waals surface area contributed by atoms with E-state index >= 15 is 0 Å². The Bertz CT molecular complexity index is 1030. The molecule has 1 amide bonds. The summed E-state index contributed by atoms with van der Waals surface area (Å²) in [5, 5.41) is 3.63. The highest BCUT2D eigenvalue weighted by molar-refractivity contribution is 7.99. The number of benzene rings is 2. The van der Waals surface area contributed by atoms with Crippen molar-refractivity contribution in [1.82, 2.24) is 14.9 Å². The summed E-state index contributed by atoms with van der Waals surface area (Å²) in [6.45, 7) is 2.44. The second kappa shape index (κ2) is 10.8. The van der Waals surface area contributed by atoms with E-state index in [0.29, 0.717) is 24.5 Å². The molecule has 1 aromatic heterocycles. The summed E-state index contributed by atoms with van der Waals surface area (Å²) in [5.41, 5.74) is 3.68. The number of aromatic nitrogens is 2. The van der Waals surface area contributed by atoms with E-state index in [1.165, 1.54) is 11.8 Å². The molecule has 0 bridgehead atoms. The van der Waals surface area contributed by atoms with Crippen LogP contribution in [0.2, 0.25) is 0 Å². The van der Waals surface area contributed by atoms with Gasteiger partial charge < -0.3 is 5.32 Å². The normalized spacial score (nSPS) is 10.7. The molecular formula is C24H27N3O2S. The first kappa shape index (κ1) is 21.8. The summed E-state index contributed by atoms with van der Waals surface area (Å²) in [4.78, 5) is 29.5. The molecule has 0 aliphatic heterocycles. The molecule has 0 radical (unpaired) electrons. The molecule has 1 N–H and O–H groups in total. The quantitative estimate of drug-likeness (QED) is 0.324. The van der Waals surface area contributed by atoms with Crippen molar-refractivity contribution >= 4 is 17.7 Å². The number of hydrogen-bond acceptors (Lipinski definition) is 4. The van der Waals surface area contributed by atoms with E-state index < -0.39 is 0 Å². The molecule has 0 unspecified atom stereocenters. The van der Waals surface area contributed by atoms with E-state index in [-0.39, 0.29) is 11.5 Å². The maximum atomic E-state index is 12.8. The van der Waals surface area contributed by atoms with Crippen LogP contribution < -0.4 is 10.9 Å². The van der Waals surface area contributed by atoms with Crippen LogP contribution >= 0.6 is 11.8 Å². The number of amides is 1. The van der Waals surface area contributed by atoms with Crippen molar-refractivity contribution in [3.63, 3.8) is 0 Å². The lowest BCUT2D eigenvalue weighted by Gasteiger charge is -2.12. The predicted molar refractivity (Wildman–Crippen MR) is 122 cm³/mol. The van der Waals surface area contributed by atoms with E-state index in [1.54, 1.807) is 11.6 Å². The molecule has 0 aliphatic rings. The molecular weight excluding hydrogens is 394 g/mol. The average Bonchev–Trinajstić information content (AvgIpc) is 2.77. The molecule has 30 heavy (non-hydrogen) atoms. The zero-order valence-corrected chi connectivity index (χ0v) is 18.2. The molecule has 2 aromatic carbocycles. The van der Waals surface area contributed by atoms with Crippen molar-refractivity contribution in [2.24, 2.45) is 7.05 Å². The second-order valence-corrected chi connectivity index (χ2v) is 8.26. The van der Waals surface area contributed by atoms with Gasteiger partial charge in [-0.25, -0.2) is 4.98 Å². The fourth-order valence-electron chi connectivity index (χ4n) is 3.14. The largest absolute Gasteiger partial charge is 0.352 e. The molecule has 156 valence electrons. The van der Waals surface area contributed by atoms with Crippen molar-refractivity contribution in [3.8, 4) is 0 Å². The first-order chi connectivity index (χ1) is 14.5. The Balaban J connectivity index is 1.50. The Hall–Kier alpha value is -2.86. The topological polar surface area (TPSA) is 64.0 Å². The maximum Gasteiger partial charge on any atom is 0.257 e. The monoisotopic (exact) mass is 421 g/mol. The van der Waals surface area contributed by atoms with E-state index in [0.717, 1.165) is 34.6 Å². The van der Waals surface area contributed by atoms with Gasteiger partial charge in [-0.3, -0.25) is 14.2 Å². The number of aryl methyl sites for hydroxylation is 1. The van der Waals surface area contributed by atoms with Crippen LogP contribution in [0.3, 0.4) is 0 Å². The van der Waals surface area contributed by atoms with Gasteiger partial charge in [-0.2, -0.15) is 0 Å². The average molecular weight is 422 g/mol. The van der Waals surface area contributed by atoms with Crippen LogP contribution in [-0.4, -0.2) is 21.2 Å². The van der Waals surface area contributed by atoms with Gasteiger partial charge in [0, 0.05) is 43.4 Å². The number of carbonyl (C=O) groups excluding carboxylic acids is 1. The maximum absolute atomic E-state index is 12.8. The molecule has 5 nitrogen and oxygen atoms in total. The van der Waals surface area contributed by atoms with Gasteiger partial charge in [0.15, 0.2) is 5.16 Å². The van der Waals surface area contributed by atoms with Gasteiger partial charge in [0.25, 0.3) is 5.56 Å². The molecule has 3 aromatic rings. The highest BCUT2D eigenvalue weighted by Gasteiger charge is 2.13. The van der Waals surface area contributed by atoms with E-state index in [2.05, 4.69) is 10.3 Å². The number of nitrogens with one attached hydrogen (secondary N) is 1. The molecule has 3 rings (SSSR count). The lowest BCUT2D eigenvalue weighted by molar-refractivity contribution is -0.121. The van der Waals surface area contributed by atoms with Crippen molar-refractivity contribution in [1.29, 1.82) is 0 Å². The third-order valence-corrected chi connectivity index (χ3v) is 6.00. The molecule has 6 heteroatoms. The lowest BCUT2D eigenvalue weighted by Crippen LogP contribution is -2.26. The molecule has 1 heterocycles. The van der Waals surface area contributed by atoms with Crippen LogP contribution in [-0.2, 0) is 24.8 Å². The number of hydrogen-bond donors (Lipinski definition) is 1. The van der Waals surface area contributed by atoms with Gasteiger partial charge in [0.05, 0.1) is 0 Å². The van der Waals surface area contributed by atoms with E-state index in [4.69, 9.17) is 0 Å². The summed E-state index contributed by atoms with van der Waals surface area (Å²) in [5.74, 6) is 0.770. The number of rotatable bonds is 9. The number of thioether (sulfide) groups is 1. The third kappa shape index (κ3) is 6.07. The van der Waals surface area contributed by atoms with Crippen LogP contribution in [0.1, 0.15) is 35.2 Å². The summed E-state index contributed by atoms with van der Waals surface area (Å²) >= 11 is 1.52. The van der Waals surface area contributed by atoms with Gasteiger partial charge in [0.1, 0.15) is 0 Å². The van der Waals surface area contributed by atoms with Crippen LogP contribution in [0.25, 0.3) is 0 Å². The van der Waals surface area contributed by atoms with Gasteiger partial charge in [-0.05, 0) is 24.5 Å². The summed E-state index contributed by atoms with van der Waals surface area (Å²) in [6.07, 6.45) is 1.77. The lowest BCUT2D eigenvalue weighted by atomic mass is 10.1. The molecule has 0 spiro atoms. The Kier molecular flexibility index (Phi) is 7.85.